The zero-order valence-electron chi connectivity index (χ0n) is 13.4. The van der Waals surface area contributed by atoms with Crippen LogP contribution in [0.25, 0.3) is 0 Å². The Hall–Kier alpha value is -2.14. The number of sulfonamides is 1. The average Bonchev–Trinajstić information content (AvgIpc) is 2.55. The van der Waals surface area contributed by atoms with Gasteiger partial charge < -0.3 is 0 Å². The highest BCUT2D eigenvalue weighted by atomic mass is 32.2. The molecule has 1 aliphatic carbocycles. The highest BCUT2D eigenvalue weighted by molar-refractivity contribution is 7.89. The highest BCUT2D eigenvalue weighted by Gasteiger charge is 2.42. The zero-order valence-corrected chi connectivity index (χ0v) is 14.2. The number of benzene rings is 1. The van der Waals surface area contributed by atoms with E-state index in [1.807, 2.05) is 19.1 Å². The van der Waals surface area contributed by atoms with Crippen molar-refractivity contribution in [3.8, 4) is 0 Å². The standard InChI is InChI=1S/C18H21NO3S/c1-4-17(20)19(18(5-2)13-7-6-8-14-18)23(21,22)16-11-9-15(3)10-12-16/h5-13H,2,4,14H2,1,3H3/t18-/m0/s1. The molecule has 0 bridgehead atoms. The summed E-state index contributed by atoms with van der Waals surface area (Å²) in [4.78, 5) is 12.6. The minimum absolute atomic E-state index is 0.0955. The summed E-state index contributed by atoms with van der Waals surface area (Å²) in [6.45, 7) is 7.30. The summed E-state index contributed by atoms with van der Waals surface area (Å²) in [6.07, 6.45) is 9.11. The molecule has 122 valence electrons. The summed E-state index contributed by atoms with van der Waals surface area (Å²) >= 11 is 0. The van der Waals surface area contributed by atoms with Gasteiger partial charge in [-0.05, 0) is 25.5 Å². The molecule has 23 heavy (non-hydrogen) atoms. The molecular formula is C18H21NO3S. The molecule has 2 rings (SSSR count). The third-order valence-electron chi connectivity index (χ3n) is 3.90. The molecule has 0 unspecified atom stereocenters. The van der Waals surface area contributed by atoms with Crippen molar-refractivity contribution in [2.75, 3.05) is 0 Å². The molecule has 0 heterocycles. The summed E-state index contributed by atoms with van der Waals surface area (Å²) in [5, 5.41) is 0. The Balaban J connectivity index is 2.61. The Labute approximate surface area is 137 Å². The van der Waals surface area contributed by atoms with E-state index in [4.69, 9.17) is 0 Å². The van der Waals surface area contributed by atoms with Crippen LogP contribution in [0.15, 0.2) is 66.1 Å². The predicted molar refractivity (Wildman–Crippen MR) is 91.3 cm³/mol. The van der Waals surface area contributed by atoms with Gasteiger partial charge in [0.15, 0.2) is 0 Å². The van der Waals surface area contributed by atoms with Gasteiger partial charge in [-0.3, -0.25) is 4.79 Å². The molecule has 0 saturated carbocycles. The SMILES string of the molecule is C=C[C@]1(N(C(=O)CC)S(=O)(=O)c2ccc(C)cc2)C=CC=CC1. The predicted octanol–water partition coefficient (Wildman–Crippen LogP) is 3.36. The Morgan fingerprint density at radius 3 is 2.43 bits per heavy atom. The quantitative estimate of drug-likeness (QED) is 0.777. The van der Waals surface area contributed by atoms with Crippen molar-refractivity contribution in [1.82, 2.24) is 4.31 Å². The first-order valence-electron chi connectivity index (χ1n) is 7.50. The van der Waals surface area contributed by atoms with Crippen LogP contribution in [0.4, 0.5) is 0 Å². The van der Waals surface area contributed by atoms with Crippen LogP contribution in [0.2, 0.25) is 0 Å². The number of amides is 1. The lowest BCUT2D eigenvalue weighted by Crippen LogP contribution is -2.52. The van der Waals surface area contributed by atoms with Crippen LogP contribution in [0.3, 0.4) is 0 Å². The Morgan fingerprint density at radius 1 is 1.30 bits per heavy atom. The molecule has 0 saturated heterocycles. The van der Waals surface area contributed by atoms with Crippen molar-refractivity contribution < 1.29 is 13.2 Å². The van der Waals surface area contributed by atoms with Gasteiger partial charge in [-0.25, -0.2) is 12.7 Å². The van der Waals surface area contributed by atoms with Crippen molar-refractivity contribution in [3.63, 3.8) is 0 Å². The minimum Gasteiger partial charge on any atom is -0.274 e. The lowest BCUT2D eigenvalue weighted by molar-refractivity contribution is -0.128. The molecule has 1 amide bonds. The summed E-state index contributed by atoms with van der Waals surface area (Å²) in [7, 11) is -3.97. The molecule has 1 atom stereocenters. The van der Waals surface area contributed by atoms with E-state index in [1.54, 1.807) is 31.2 Å². The number of allylic oxidation sites excluding steroid dienone is 2. The normalized spacial score (nSPS) is 20.3. The fraction of sp³-hybridized carbons (Fsp3) is 0.278. The minimum atomic E-state index is -3.97. The van der Waals surface area contributed by atoms with E-state index in [0.717, 1.165) is 9.87 Å². The molecule has 0 N–H and O–H groups in total. The first kappa shape index (κ1) is 17.2. The van der Waals surface area contributed by atoms with Crippen LogP contribution < -0.4 is 0 Å². The molecule has 0 aromatic heterocycles. The van der Waals surface area contributed by atoms with Crippen LogP contribution in [-0.2, 0) is 14.8 Å². The maximum atomic E-state index is 13.1. The van der Waals surface area contributed by atoms with E-state index < -0.39 is 21.5 Å². The number of nitrogens with zero attached hydrogens (tertiary/aromatic N) is 1. The number of rotatable bonds is 5. The van der Waals surface area contributed by atoms with Gasteiger partial charge >= 0.3 is 0 Å². The van der Waals surface area contributed by atoms with Crippen molar-refractivity contribution in [2.24, 2.45) is 0 Å². The van der Waals surface area contributed by atoms with Gasteiger partial charge in [-0.1, -0.05) is 55.0 Å². The zero-order chi connectivity index (χ0) is 17.1. The molecule has 0 fully saturated rings. The molecule has 0 aliphatic heterocycles. The average molecular weight is 331 g/mol. The number of carbonyl (C=O) groups excluding carboxylic acids is 1. The fourth-order valence-corrected chi connectivity index (χ4v) is 4.31. The third kappa shape index (κ3) is 3.15. The van der Waals surface area contributed by atoms with Crippen molar-refractivity contribution in [2.45, 2.75) is 37.1 Å². The van der Waals surface area contributed by atoms with Crippen LogP contribution in [-0.4, -0.2) is 24.2 Å². The highest BCUT2D eigenvalue weighted by Crippen LogP contribution is 2.33. The Morgan fingerprint density at radius 2 is 1.96 bits per heavy atom. The van der Waals surface area contributed by atoms with Gasteiger partial charge in [0.05, 0.1) is 10.4 Å². The summed E-state index contributed by atoms with van der Waals surface area (Å²) < 4.78 is 27.2. The topological polar surface area (TPSA) is 54.5 Å². The van der Waals surface area contributed by atoms with E-state index in [1.165, 1.54) is 18.2 Å². The molecule has 0 spiro atoms. The second-order valence-corrected chi connectivity index (χ2v) is 7.30. The maximum absolute atomic E-state index is 13.1. The number of hydrogen-bond acceptors (Lipinski definition) is 3. The lowest BCUT2D eigenvalue weighted by Gasteiger charge is -2.39. The molecule has 0 radical (unpaired) electrons. The third-order valence-corrected chi connectivity index (χ3v) is 5.79. The fourth-order valence-electron chi connectivity index (χ4n) is 2.56. The van der Waals surface area contributed by atoms with Crippen molar-refractivity contribution >= 4 is 15.9 Å². The Kier molecular flexibility index (Phi) is 4.90. The first-order chi connectivity index (χ1) is 10.9. The van der Waals surface area contributed by atoms with Gasteiger partial charge in [0.25, 0.3) is 10.0 Å². The summed E-state index contributed by atoms with van der Waals surface area (Å²) in [6, 6.07) is 6.50. The maximum Gasteiger partial charge on any atom is 0.267 e. The smallest absolute Gasteiger partial charge is 0.267 e. The van der Waals surface area contributed by atoms with Crippen LogP contribution >= 0.6 is 0 Å². The first-order valence-corrected chi connectivity index (χ1v) is 8.94. The summed E-state index contributed by atoms with van der Waals surface area (Å²) in [5.74, 6) is -0.453. The van der Waals surface area contributed by atoms with Crippen LogP contribution in [0.1, 0.15) is 25.3 Å². The van der Waals surface area contributed by atoms with Crippen LogP contribution in [0, 0.1) is 6.92 Å². The number of hydrogen-bond donors (Lipinski definition) is 0. The van der Waals surface area contributed by atoms with Crippen LogP contribution in [0.5, 0.6) is 0 Å². The second kappa shape index (κ2) is 6.54. The second-order valence-electron chi connectivity index (χ2n) is 5.52. The molecule has 4 nitrogen and oxygen atoms in total. The van der Waals surface area contributed by atoms with E-state index in [-0.39, 0.29) is 11.3 Å². The Bertz CT molecular complexity index is 760. The van der Waals surface area contributed by atoms with Gasteiger partial charge in [0.2, 0.25) is 5.91 Å². The number of carbonyl (C=O) groups is 1. The lowest BCUT2D eigenvalue weighted by atomic mass is 9.91. The van der Waals surface area contributed by atoms with Gasteiger partial charge in [0.1, 0.15) is 0 Å². The van der Waals surface area contributed by atoms with Crippen molar-refractivity contribution in [1.29, 1.82) is 0 Å². The van der Waals surface area contributed by atoms with E-state index in [9.17, 15) is 13.2 Å². The van der Waals surface area contributed by atoms with E-state index >= 15 is 0 Å². The molecule has 5 heteroatoms. The van der Waals surface area contributed by atoms with Gasteiger partial charge in [-0.2, -0.15) is 0 Å². The molecule has 1 aromatic carbocycles. The monoisotopic (exact) mass is 331 g/mol. The molecule has 1 aliphatic rings. The van der Waals surface area contributed by atoms with Crippen molar-refractivity contribution in [3.05, 3.63) is 66.8 Å². The number of aryl methyl sites for hydroxylation is 1. The van der Waals surface area contributed by atoms with Gasteiger partial charge in [-0.15, -0.1) is 6.58 Å². The van der Waals surface area contributed by atoms with E-state index in [2.05, 4.69) is 6.58 Å². The largest absolute Gasteiger partial charge is 0.274 e. The molecular weight excluding hydrogens is 310 g/mol. The summed E-state index contributed by atoms with van der Waals surface area (Å²) in [5.41, 5.74) is -0.109. The van der Waals surface area contributed by atoms with E-state index in [0.29, 0.717) is 6.42 Å². The van der Waals surface area contributed by atoms with Gasteiger partial charge in [0, 0.05) is 6.42 Å². The molecule has 1 aromatic rings.